The van der Waals surface area contributed by atoms with E-state index < -0.39 is 0 Å². The van der Waals surface area contributed by atoms with Crippen LogP contribution in [0.5, 0.6) is 5.75 Å². The number of anilines is 2. The molecule has 2 aromatic carbocycles. The number of rotatable bonds is 7. The molecule has 0 spiro atoms. The Bertz CT molecular complexity index is 642. The highest BCUT2D eigenvalue weighted by Crippen LogP contribution is 2.17. The lowest BCUT2D eigenvalue weighted by Crippen LogP contribution is -2.16. The molecule has 0 aliphatic rings. The van der Waals surface area contributed by atoms with E-state index >= 15 is 0 Å². The number of hydrogen-bond donors (Lipinski definition) is 2. The van der Waals surface area contributed by atoms with Crippen molar-refractivity contribution in [1.29, 1.82) is 0 Å². The number of halogens is 1. The van der Waals surface area contributed by atoms with Crippen molar-refractivity contribution in [3.05, 3.63) is 53.6 Å². The Kier molecular flexibility index (Phi) is 6.29. The Morgan fingerprint density at radius 3 is 2.52 bits per heavy atom. The van der Waals surface area contributed by atoms with Crippen molar-refractivity contribution < 1.29 is 9.53 Å². The van der Waals surface area contributed by atoms with Crippen molar-refractivity contribution in [1.82, 2.24) is 0 Å². The molecule has 2 rings (SSSR count). The van der Waals surface area contributed by atoms with Crippen molar-refractivity contribution >= 4 is 28.9 Å². The third-order valence-electron chi connectivity index (χ3n) is 3.02. The van der Waals surface area contributed by atoms with Gasteiger partial charge in [0.1, 0.15) is 5.75 Å². The summed E-state index contributed by atoms with van der Waals surface area (Å²) in [5.74, 6) is 0.748. The summed E-state index contributed by atoms with van der Waals surface area (Å²) < 4.78 is 5.56. The first kappa shape index (κ1) is 17.2. The van der Waals surface area contributed by atoms with E-state index in [4.69, 9.17) is 16.3 Å². The third-order valence-corrected chi connectivity index (χ3v) is 3.25. The molecule has 5 heteroatoms. The van der Waals surface area contributed by atoms with Gasteiger partial charge >= 0.3 is 0 Å². The van der Waals surface area contributed by atoms with Gasteiger partial charge in [-0.2, -0.15) is 0 Å². The molecule has 0 radical (unpaired) electrons. The highest BCUT2D eigenvalue weighted by molar-refractivity contribution is 6.30. The van der Waals surface area contributed by atoms with Gasteiger partial charge in [-0.3, -0.25) is 4.79 Å². The van der Waals surface area contributed by atoms with E-state index in [0.717, 1.165) is 17.1 Å². The van der Waals surface area contributed by atoms with Crippen LogP contribution in [0.3, 0.4) is 0 Å². The lowest BCUT2D eigenvalue weighted by molar-refractivity contribution is -0.115. The number of carbonyl (C=O) groups excluding carboxylic acids is 1. The summed E-state index contributed by atoms with van der Waals surface area (Å²) in [6.07, 6.45) is 0.504. The summed E-state index contributed by atoms with van der Waals surface area (Å²) in [5.41, 5.74) is 1.66. The normalized spacial score (nSPS) is 10.4. The second-order valence-corrected chi connectivity index (χ2v) is 5.86. The van der Waals surface area contributed by atoms with Crippen LogP contribution in [0.15, 0.2) is 48.5 Å². The molecule has 0 fully saturated rings. The Hall–Kier alpha value is -2.20. The molecular formula is C18H21ClN2O2. The minimum absolute atomic E-state index is 0.0444. The maximum absolute atomic E-state index is 11.9. The Labute approximate surface area is 141 Å². The van der Waals surface area contributed by atoms with Crippen LogP contribution in [-0.2, 0) is 4.79 Å². The largest absolute Gasteiger partial charge is 0.491 e. The number of benzene rings is 2. The molecule has 0 atom stereocenters. The lowest BCUT2D eigenvalue weighted by Gasteiger charge is -2.11. The van der Waals surface area contributed by atoms with Gasteiger partial charge in [-0.15, -0.1) is 0 Å². The number of carbonyl (C=O) groups is 1. The van der Waals surface area contributed by atoms with E-state index in [-0.39, 0.29) is 12.0 Å². The minimum atomic E-state index is -0.0444. The summed E-state index contributed by atoms with van der Waals surface area (Å²) in [7, 11) is 0. The molecule has 0 aromatic heterocycles. The first-order valence-electron chi connectivity index (χ1n) is 7.59. The number of ether oxygens (including phenoxy) is 1. The first-order valence-corrected chi connectivity index (χ1v) is 7.97. The topological polar surface area (TPSA) is 50.4 Å². The summed E-state index contributed by atoms with van der Waals surface area (Å²) in [5, 5.41) is 6.70. The summed E-state index contributed by atoms with van der Waals surface area (Å²) in [6.45, 7) is 4.49. The predicted molar refractivity (Wildman–Crippen MR) is 95.4 cm³/mol. The molecular weight excluding hydrogens is 312 g/mol. The number of amides is 1. The van der Waals surface area contributed by atoms with Gasteiger partial charge in [0.2, 0.25) is 5.91 Å². The Morgan fingerprint density at radius 2 is 1.87 bits per heavy atom. The zero-order valence-corrected chi connectivity index (χ0v) is 14.1. The van der Waals surface area contributed by atoms with Gasteiger partial charge in [-0.05, 0) is 56.3 Å². The zero-order valence-electron chi connectivity index (χ0n) is 13.3. The smallest absolute Gasteiger partial charge is 0.226 e. The van der Waals surface area contributed by atoms with E-state index in [2.05, 4.69) is 10.6 Å². The molecule has 0 bridgehead atoms. The van der Waals surface area contributed by atoms with Crippen LogP contribution < -0.4 is 15.4 Å². The fourth-order valence-electron chi connectivity index (χ4n) is 2.03. The summed E-state index contributed by atoms with van der Waals surface area (Å²) >= 11 is 5.91. The molecule has 0 aliphatic carbocycles. The SMILES string of the molecule is CC(C)Oc1ccc(NC(=O)CCNc2cccc(Cl)c2)cc1. The number of hydrogen-bond acceptors (Lipinski definition) is 3. The monoisotopic (exact) mass is 332 g/mol. The van der Waals surface area contributed by atoms with Crippen molar-refractivity contribution in [3.63, 3.8) is 0 Å². The van der Waals surface area contributed by atoms with Crippen LogP contribution in [0.4, 0.5) is 11.4 Å². The van der Waals surface area contributed by atoms with Crippen LogP contribution >= 0.6 is 11.6 Å². The van der Waals surface area contributed by atoms with Crippen molar-refractivity contribution in [2.75, 3.05) is 17.2 Å². The molecule has 0 saturated heterocycles. The highest BCUT2D eigenvalue weighted by Gasteiger charge is 2.03. The number of nitrogens with one attached hydrogen (secondary N) is 2. The van der Waals surface area contributed by atoms with Gasteiger partial charge in [0.15, 0.2) is 0 Å². The highest BCUT2D eigenvalue weighted by atomic mass is 35.5. The van der Waals surface area contributed by atoms with Gasteiger partial charge < -0.3 is 15.4 Å². The quantitative estimate of drug-likeness (QED) is 0.781. The third kappa shape index (κ3) is 6.20. The molecule has 2 aromatic rings. The molecule has 0 unspecified atom stereocenters. The van der Waals surface area contributed by atoms with E-state index in [1.165, 1.54) is 0 Å². The molecule has 0 aliphatic heterocycles. The van der Waals surface area contributed by atoms with Crippen LogP contribution in [0.25, 0.3) is 0 Å². The molecule has 2 N–H and O–H groups in total. The average Bonchev–Trinajstić information content (AvgIpc) is 2.49. The summed E-state index contributed by atoms with van der Waals surface area (Å²) in [6, 6.07) is 14.8. The second-order valence-electron chi connectivity index (χ2n) is 5.43. The maximum atomic E-state index is 11.9. The molecule has 122 valence electrons. The van der Waals surface area contributed by atoms with Crippen molar-refractivity contribution in [2.45, 2.75) is 26.4 Å². The molecule has 4 nitrogen and oxygen atoms in total. The van der Waals surface area contributed by atoms with Crippen LogP contribution in [-0.4, -0.2) is 18.6 Å². The average molecular weight is 333 g/mol. The van der Waals surface area contributed by atoms with E-state index in [0.29, 0.717) is 18.0 Å². The van der Waals surface area contributed by atoms with Gasteiger partial charge in [-0.25, -0.2) is 0 Å². The molecule has 23 heavy (non-hydrogen) atoms. The molecule has 0 saturated carbocycles. The predicted octanol–water partition coefficient (Wildman–Crippen LogP) is 4.57. The van der Waals surface area contributed by atoms with Crippen LogP contribution in [0.1, 0.15) is 20.3 Å². The maximum Gasteiger partial charge on any atom is 0.226 e. The first-order chi connectivity index (χ1) is 11.0. The fourth-order valence-corrected chi connectivity index (χ4v) is 2.22. The Balaban J connectivity index is 1.76. The molecule has 1 amide bonds. The second kappa shape index (κ2) is 8.44. The standard InChI is InChI=1S/C18H21ClN2O2/c1-13(2)23-17-8-6-15(7-9-17)21-18(22)10-11-20-16-5-3-4-14(19)12-16/h3-9,12-13,20H,10-11H2,1-2H3,(H,21,22). The van der Waals surface area contributed by atoms with Crippen LogP contribution in [0, 0.1) is 0 Å². The van der Waals surface area contributed by atoms with Gasteiger partial charge in [0.05, 0.1) is 6.10 Å². The van der Waals surface area contributed by atoms with Crippen molar-refractivity contribution in [3.8, 4) is 5.75 Å². The van der Waals surface area contributed by atoms with E-state index in [1.807, 2.05) is 62.4 Å². The fraction of sp³-hybridized carbons (Fsp3) is 0.278. The zero-order chi connectivity index (χ0) is 16.7. The van der Waals surface area contributed by atoms with Gasteiger partial charge in [0, 0.05) is 29.4 Å². The van der Waals surface area contributed by atoms with Crippen molar-refractivity contribution in [2.24, 2.45) is 0 Å². The van der Waals surface area contributed by atoms with Crippen LogP contribution in [0.2, 0.25) is 5.02 Å². The van der Waals surface area contributed by atoms with E-state index in [9.17, 15) is 4.79 Å². The Morgan fingerprint density at radius 1 is 1.13 bits per heavy atom. The van der Waals surface area contributed by atoms with Gasteiger partial charge in [0.25, 0.3) is 0 Å². The summed E-state index contributed by atoms with van der Waals surface area (Å²) in [4.78, 5) is 11.9. The lowest BCUT2D eigenvalue weighted by atomic mass is 10.2. The van der Waals surface area contributed by atoms with Gasteiger partial charge in [-0.1, -0.05) is 17.7 Å². The van der Waals surface area contributed by atoms with E-state index in [1.54, 1.807) is 0 Å². The molecule has 0 heterocycles. The minimum Gasteiger partial charge on any atom is -0.491 e.